The number of rotatable bonds is 4. The van der Waals surface area contributed by atoms with Crippen molar-refractivity contribution >= 4 is 111 Å². The molecular weight excluding hydrogens is 715 g/mol. The average Bonchev–Trinajstić information content (AvgIpc) is 3.89. The van der Waals surface area contributed by atoms with Gasteiger partial charge in [0.25, 0.3) is 0 Å². The maximum absolute atomic E-state index is 6.81. The van der Waals surface area contributed by atoms with Crippen LogP contribution in [-0.2, 0) is 0 Å². The largest absolute Gasteiger partial charge is 0.456 e. The number of fused-ring (bicyclic) bond motifs is 13. The maximum atomic E-state index is 6.81. The fourth-order valence-corrected chi connectivity index (χ4v) is 13.8. The highest BCUT2D eigenvalue weighted by Crippen LogP contribution is 2.47. The second-order valence-electron chi connectivity index (χ2n) is 15.7. The fourth-order valence-electron chi connectivity index (χ4n) is 9.51. The molecular formula is C52H35NOSSi. The van der Waals surface area contributed by atoms with Crippen molar-refractivity contribution < 1.29 is 4.42 Å². The molecule has 56 heavy (non-hydrogen) atoms. The first-order valence-electron chi connectivity index (χ1n) is 19.3. The lowest BCUT2D eigenvalue weighted by Gasteiger charge is -2.28. The summed E-state index contributed by atoms with van der Waals surface area (Å²) in [6.07, 6.45) is 0. The molecule has 0 amide bonds. The van der Waals surface area contributed by atoms with Crippen LogP contribution in [0.4, 0.5) is 17.1 Å². The summed E-state index contributed by atoms with van der Waals surface area (Å²) in [6.45, 7) is 4.98. The van der Waals surface area contributed by atoms with Crippen molar-refractivity contribution in [2.45, 2.75) is 13.1 Å². The minimum absolute atomic E-state index is 0.894. The maximum Gasteiger partial charge on any atom is 0.137 e. The first-order valence-corrected chi connectivity index (χ1v) is 23.1. The van der Waals surface area contributed by atoms with Crippen LogP contribution in [-0.4, -0.2) is 8.07 Å². The summed E-state index contributed by atoms with van der Waals surface area (Å²) in [5, 5.41) is 13.0. The van der Waals surface area contributed by atoms with Gasteiger partial charge in [0.15, 0.2) is 0 Å². The molecule has 9 aromatic carbocycles. The van der Waals surface area contributed by atoms with Crippen molar-refractivity contribution in [1.82, 2.24) is 0 Å². The van der Waals surface area contributed by atoms with Crippen molar-refractivity contribution in [2.24, 2.45) is 0 Å². The second kappa shape index (κ2) is 11.8. The monoisotopic (exact) mass is 749 g/mol. The van der Waals surface area contributed by atoms with Gasteiger partial charge in [-0.25, -0.2) is 0 Å². The number of furan rings is 1. The van der Waals surface area contributed by atoms with Gasteiger partial charge in [0.1, 0.15) is 19.2 Å². The SMILES string of the molecule is C[Si]1(C)c2ccccc2-c2c(N(c3ccc(-c4ccc5ccccc5c4)cc3)c3ccc4c(c3)oc3ccc5sc6c7ccccc7ccc6c5c34)cccc21. The molecule has 0 spiro atoms. The smallest absolute Gasteiger partial charge is 0.137 e. The molecule has 0 unspecified atom stereocenters. The van der Waals surface area contributed by atoms with E-state index in [1.165, 1.54) is 85.4 Å². The van der Waals surface area contributed by atoms with E-state index in [-0.39, 0.29) is 0 Å². The van der Waals surface area contributed by atoms with Crippen molar-refractivity contribution in [3.8, 4) is 22.3 Å². The van der Waals surface area contributed by atoms with Crippen molar-refractivity contribution in [1.29, 1.82) is 0 Å². The first-order chi connectivity index (χ1) is 27.5. The number of benzene rings is 9. The van der Waals surface area contributed by atoms with Crippen molar-refractivity contribution in [2.75, 3.05) is 4.90 Å². The lowest BCUT2D eigenvalue weighted by molar-refractivity contribution is 0.669. The zero-order chi connectivity index (χ0) is 37.1. The number of hydrogen-bond acceptors (Lipinski definition) is 3. The topological polar surface area (TPSA) is 16.4 Å². The highest BCUT2D eigenvalue weighted by atomic mass is 32.1. The molecule has 264 valence electrons. The summed E-state index contributed by atoms with van der Waals surface area (Å²) < 4.78 is 9.43. The van der Waals surface area contributed by atoms with Gasteiger partial charge in [-0.3, -0.25) is 0 Å². The summed E-state index contributed by atoms with van der Waals surface area (Å²) in [4.78, 5) is 2.45. The van der Waals surface area contributed by atoms with Crippen LogP contribution in [0.1, 0.15) is 0 Å². The molecule has 1 aliphatic rings. The van der Waals surface area contributed by atoms with Crippen LogP contribution in [0, 0.1) is 0 Å². The quantitative estimate of drug-likeness (QED) is 0.167. The lowest BCUT2D eigenvalue weighted by Crippen LogP contribution is -2.49. The van der Waals surface area contributed by atoms with Gasteiger partial charge in [0.05, 0.1) is 5.69 Å². The standard InChI is InChI=1S/C52H35NOSSi/c1-56(2)47-16-8-7-14-41(47)49-43(15-9-17-48(49)56)53(37-23-20-33(21-24-37)36-19-18-32-10-3-4-12-35(32)30-36)38-25-27-40-45(31-38)54-44-28-29-46-51(50(40)44)42-26-22-34-11-5-6-13-39(34)52(42)55-46/h3-31H,1-2H3. The minimum Gasteiger partial charge on any atom is -0.456 e. The first kappa shape index (κ1) is 31.8. The third-order valence-corrected chi connectivity index (χ3v) is 17.0. The summed E-state index contributed by atoms with van der Waals surface area (Å²) in [7, 11) is -1.91. The van der Waals surface area contributed by atoms with Gasteiger partial charge in [0.2, 0.25) is 0 Å². The van der Waals surface area contributed by atoms with E-state index in [4.69, 9.17) is 4.42 Å². The Balaban J connectivity index is 1.07. The van der Waals surface area contributed by atoms with Gasteiger partial charge in [-0.15, -0.1) is 11.3 Å². The molecule has 2 nitrogen and oxygen atoms in total. The van der Waals surface area contributed by atoms with E-state index < -0.39 is 8.07 Å². The number of anilines is 3. The number of thiophene rings is 1. The third kappa shape index (κ3) is 4.54. The van der Waals surface area contributed by atoms with Crippen LogP contribution in [0.3, 0.4) is 0 Å². The second-order valence-corrected chi connectivity index (χ2v) is 21.1. The molecule has 0 fully saturated rings. The minimum atomic E-state index is -1.91. The Morgan fingerprint density at radius 2 is 1.20 bits per heavy atom. The van der Waals surface area contributed by atoms with Crippen LogP contribution in [0.2, 0.25) is 13.1 Å². The molecule has 0 atom stereocenters. The van der Waals surface area contributed by atoms with Crippen molar-refractivity contribution in [3.63, 3.8) is 0 Å². The van der Waals surface area contributed by atoms with Crippen LogP contribution in [0.25, 0.3) is 85.9 Å². The Morgan fingerprint density at radius 1 is 0.482 bits per heavy atom. The van der Waals surface area contributed by atoms with Gasteiger partial charge >= 0.3 is 0 Å². The summed E-state index contributed by atoms with van der Waals surface area (Å²) in [5.41, 5.74) is 10.3. The van der Waals surface area contributed by atoms with Crippen LogP contribution in [0.5, 0.6) is 0 Å². The molecule has 12 rings (SSSR count). The molecule has 11 aromatic rings. The Bertz CT molecular complexity index is 3410. The van der Waals surface area contributed by atoms with E-state index in [1.54, 1.807) is 0 Å². The van der Waals surface area contributed by atoms with Gasteiger partial charge in [-0.1, -0.05) is 134 Å². The molecule has 0 N–H and O–H groups in total. The summed E-state index contributed by atoms with van der Waals surface area (Å²) >= 11 is 1.88. The third-order valence-electron chi connectivity index (χ3n) is 12.2. The molecule has 0 bridgehead atoms. The fraction of sp³-hybridized carbons (Fsp3) is 0.0385. The molecule has 0 aliphatic carbocycles. The van der Waals surface area contributed by atoms with Gasteiger partial charge in [0, 0.05) is 53.9 Å². The lowest BCUT2D eigenvalue weighted by atomic mass is 9.99. The van der Waals surface area contributed by atoms with E-state index in [0.717, 1.165) is 27.9 Å². The van der Waals surface area contributed by atoms with E-state index in [2.05, 4.69) is 194 Å². The van der Waals surface area contributed by atoms with E-state index >= 15 is 0 Å². The highest BCUT2D eigenvalue weighted by molar-refractivity contribution is 7.27. The number of hydrogen-bond donors (Lipinski definition) is 0. The Morgan fingerprint density at radius 3 is 2.09 bits per heavy atom. The van der Waals surface area contributed by atoms with Gasteiger partial charge in [-0.05, 0) is 97.1 Å². The molecule has 2 aromatic heterocycles. The molecule has 0 saturated carbocycles. The highest BCUT2D eigenvalue weighted by Gasteiger charge is 2.39. The van der Waals surface area contributed by atoms with Crippen LogP contribution < -0.4 is 15.3 Å². The van der Waals surface area contributed by atoms with Gasteiger partial charge < -0.3 is 9.32 Å². The molecule has 3 heterocycles. The van der Waals surface area contributed by atoms with Crippen LogP contribution >= 0.6 is 11.3 Å². The normalized spacial score (nSPS) is 13.3. The zero-order valence-corrected chi connectivity index (χ0v) is 32.8. The molecule has 1 aliphatic heterocycles. The Hall–Kier alpha value is -6.46. The predicted molar refractivity (Wildman–Crippen MR) is 244 cm³/mol. The van der Waals surface area contributed by atoms with Gasteiger partial charge in [-0.2, -0.15) is 0 Å². The van der Waals surface area contributed by atoms with Crippen LogP contribution in [0.15, 0.2) is 180 Å². The van der Waals surface area contributed by atoms with Crippen molar-refractivity contribution in [3.05, 3.63) is 176 Å². The Kier molecular flexibility index (Phi) is 6.69. The van der Waals surface area contributed by atoms with E-state index in [0.29, 0.717) is 0 Å². The molecule has 0 radical (unpaired) electrons. The molecule has 4 heteroatoms. The number of nitrogens with zero attached hydrogens (tertiary/aromatic N) is 1. The summed E-state index contributed by atoms with van der Waals surface area (Å²) in [6, 6.07) is 64.9. The molecule has 0 saturated heterocycles. The van der Waals surface area contributed by atoms with E-state index in [1.807, 2.05) is 11.3 Å². The summed E-state index contributed by atoms with van der Waals surface area (Å²) in [5.74, 6) is 0. The average molecular weight is 750 g/mol. The predicted octanol–water partition coefficient (Wildman–Crippen LogP) is 14.2. The zero-order valence-electron chi connectivity index (χ0n) is 31.0. The Labute approximate surface area is 329 Å². The van der Waals surface area contributed by atoms with E-state index in [9.17, 15) is 0 Å².